The Morgan fingerprint density at radius 1 is 1.07 bits per heavy atom. The van der Waals surface area contributed by atoms with Gasteiger partial charge in [-0.1, -0.05) is 44.2 Å². The van der Waals surface area contributed by atoms with E-state index in [4.69, 9.17) is 5.73 Å². The number of benzene rings is 1. The molecular formula is C13H21N. The molecule has 0 bridgehead atoms. The van der Waals surface area contributed by atoms with Crippen molar-refractivity contribution in [3.05, 3.63) is 35.9 Å². The first kappa shape index (κ1) is 11.3. The molecule has 1 nitrogen and oxygen atoms in total. The molecule has 2 N–H and O–H groups in total. The van der Waals surface area contributed by atoms with Crippen molar-refractivity contribution in [1.82, 2.24) is 0 Å². The summed E-state index contributed by atoms with van der Waals surface area (Å²) in [5.41, 5.74) is 7.08. The van der Waals surface area contributed by atoms with Crippen molar-refractivity contribution in [1.29, 1.82) is 0 Å². The van der Waals surface area contributed by atoms with E-state index in [0.717, 1.165) is 12.5 Å². The minimum absolute atomic E-state index is 0.638. The predicted octanol–water partition coefficient (Wildman–Crippen LogP) is 2.85. The van der Waals surface area contributed by atoms with E-state index < -0.39 is 0 Å². The zero-order valence-corrected chi connectivity index (χ0v) is 9.24. The van der Waals surface area contributed by atoms with E-state index in [9.17, 15) is 0 Å². The molecule has 0 aliphatic carbocycles. The topological polar surface area (TPSA) is 26.0 Å². The van der Waals surface area contributed by atoms with Gasteiger partial charge in [-0.05, 0) is 36.8 Å². The smallest absolute Gasteiger partial charge is 0.00490 e. The van der Waals surface area contributed by atoms with Gasteiger partial charge in [0.2, 0.25) is 0 Å². The molecule has 0 heterocycles. The average molecular weight is 191 g/mol. The lowest BCUT2D eigenvalue weighted by Gasteiger charge is -2.17. The standard InChI is InChI=1S/C13H21N/c1-11(12(2)10-14)8-9-13-6-4-3-5-7-13/h3-7,11-12H,8-10,14H2,1-2H3. The molecule has 2 unspecified atom stereocenters. The van der Waals surface area contributed by atoms with Gasteiger partial charge in [-0.25, -0.2) is 0 Å². The summed E-state index contributed by atoms with van der Waals surface area (Å²) in [5.74, 6) is 1.36. The fraction of sp³-hybridized carbons (Fsp3) is 0.538. The fourth-order valence-corrected chi connectivity index (χ4v) is 1.56. The maximum absolute atomic E-state index is 5.64. The van der Waals surface area contributed by atoms with Gasteiger partial charge in [0.1, 0.15) is 0 Å². The molecule has 1 rings (SSSR count). The van der Waals surface area contributed by atoms with Crippen molar-refractivity contribution in [3.8, 4) is 0 Å². The SMILES string of the molecule is CC(CN)C(C)CCc1ccccc1. The minimum atomic E-state index is 0.638. The van der Waals surface area contributed by atoms with Crippen LogP contribution in [-0.4, -0.2) is 6.54 Å². The van der Waals surface area contributed by atoms with Crippen LogP contribution in [0.15, 0.2) is 30.3 Å². The molecule has 0 aliphatic rings. The molecule has 0 aliphatic heterocycles. The van der Waals surface area contributed by atoms with Gasteiger partial charge in [0.05, 0.1) is 0 Å². The summed E-state index contributed by atoms with van der Waals surface area (Å²) < 4.78 is 0. The number of hydrogen-bond acceptors (Lipinski definition) is 1. The molecule has 14 heavy (non-hydrogen) atoms. The van der Waals surface area contributed by atoms with Gasteiger partial charge in [0.25, 0.3) is 0 Å². The molecule has 1 aromatic rings. The quantitative estimate of drug-likeness (QED) is 0.761. The van der Waals surface area contributed by atoms with Gasteiger partial charge in [-0.3, -0.25) is 0 Å². The van der Waals surface area contributed by atoms with E-state index in [1.807, 2.05) is 0 Å². The summed E-state index contributed by atoms with van der Waals surface area (Å²) in [6.45, 7) is 5.33. The number of rotatable bonds is 5. The maximum atomic E-state index is 5.64. The van der Waals surface area contributed by atoms with Crippen molar-refractivity contribution >= 4 is 0 Å². The third-order valence-electron chi connectivity index (χ3n) is 3.07. The number of aryl methyl sites for hydroxylation is 1. The Hall–Kier alpha value is -0.820. The predicted molar refractivity (Wildman–Crippen MR) is 62.1 cm³/mol. The van der Waals surface area contributed by atoms with Gasteiger partial charge in [-0.15, -0.1) is 0 Å². The Labute approximate surface area is 87.3 Å². The van der Waals surface area contributed by atoms with E-state index in [1.165, 1.54) is 18.4 Å². The molecule has 2 atom stereocenters. The van der Waals surface area contributed by atoms with Crippen LogP contribution in [-0.2, 0) is 6.42 Å². The van der Waals surface area contributed by atoms with Crippen LogP contribution in [0.1, 0.15) is 25.8 Å². The molecule has 0 saturated heterocycles. The lowest BCUT2D eigenvalue weighted by molar-refractivity contribution is 0.373. The first-order valence-corrected chi connectivity index (χ1v) is 5.48. The van der Waals surface area contributed by atoms with Crippen LogP contribution in [0.4, 0.5) is 0 Å². The zero-order chi connectivity index (χ0) is 10.4. The molecule has 0 spiro atoms. The van der Waals surface area contributed by atoms with E-state index in [2.05, 4.69) is 44.2 Å². The lowest BCUT2D eigenvalue weighted by Crippen LogP contribution is -2.18. The van der Waals surface area contributed by atoms with Crippen molar-refractivity contribution < 1.29 is 0 Å². The van der Waals surface area contributed by atoms with Gasteiger partial charge < -0.3 is 5.73 Å². The summed E-state index contributed by atoms with van der Waals surface area (Å²) in [5, 5.41) is 0. The van der Waals surface area contributed by atoms with Crippen LogP contribution in [0, 0.1) is 11.8 Å². The number of nitrogens with two attached hydrogens (primary N) is 1. The van der Waals surface area contributed by atoms with Crippen LogP contribution in [0.25, 0.3) is 0 Å². The summed E-state index contributed by atoms with van der Waals surface area (Å²) in [6, 6.07) is 10.7. The minimum Gasteiger partial charge on any atom is -0.330 e. The second kappa shape index (κ2) is 5.82. The lowest BCUT2D eigenvalue weighted by atomic mass is 9.90. The molecule has 1 heteroatoms. The number of hydrogen-bond donors (Lipinski definition) is 1. The van der Waals surface area contributed by atoms with E-state index in [-0.39, 0.29) is 0 Å². The Morgan fingerprint density at radius 2 is 1.71 bits per heavy atom. The van der Waals surface area contributed by atoms with Crippen LogP contribution >= 0.6 is 0 Å². The summed E-state index contributed by atoms with van der Waals surface area (Å²) in [4.78, 5) is 0. The van der Waals surface area contributed by atoms with Crippen LogP contribution in [0.3, 0.4) is 0 Å². The molecule has 1 aromatic carbocycles. The highest BCUT2D eigenvalue weighted by atomic mass is 14.5. The first-order chi connectivity index (χ1) is 6.74. The summed E-state index contributed by atoms with van der Waals surface area (Å²) in [6.07, 6.45) is 2.41. The Morgan fingerprint density at radius 3 is 2.29 bits per heavy atom. The van der Waals surface area contributed by atoms with Crippen LogP contribution < -0.4 is 5.73 Å². The second-order valence-electron chi connectivity index (χ2n) is 4.21. The van der Waals surface area contributed by atoms with Gasteiger partial charge in [0, 0.05) is 0 Å². The van der Waals surface area contributed by atoms with Crippen molar-refractivity contribution in [3.63, 3.8) is 0 Å². The largest absolute Gasteiger partial charge is 0.330 e. The van der Waals surface area contributed by atoms with Crippen molar-refractivity contribution in [2.45, 2.75) is 26.7 Å². The van der Waals surface area contributed by atoms with Crippen LogP contribution in [0.5, 0.6) is 0 Å². The molecule has 0 fully saturated rings. The Kier molecular flexibility index (Phi) is 4.68. The molecule has 0 amide bonds. The molecule has 78 valence electrons. The van der Waals surface area contributed by atoms with Crippen molar-refractivity contribution in [2.75, 3.05) is 6.54 Å². The van der Waals surface area contributed by atoms with Crippen molar-refractivity contribution in [2.24, 2.45) is 17.6 Å². The third kappa shape index (κ3) is 3.51. The van der Waals surface area contributed by atoms with E-state index in [0.29, 0.717) is 5.92 Å². The zero-order valence-electron chi connectivity index (χ0n) is 9.24. The van der Waals surface area contributed by atoms with E-state index >= 15 is 0 Å². The van der Waals surface area contributed by atoms with Gasteiger partial charge in [0.15, 0.2) is 0 Å². The highest BCUT2D eigenvalue weighted by molar-refractivity contribution is 5.14. The Balaban J connectivity index is 2.34. The van der Waals surface area contributed by atoms with Gasteiger partial charge in [-0.2, -0.15) is 0 Å². The normalized spacial score (nSPS) is 15.1. The highest BCUT2D eigenvalue weighted by Gasteiger charge is 2.09. The monoisotopic (exact) mass is 191 g/mol. The van der Waals surface area contributed by atoms with Crippen LogP contribution in [0.2, 0.25) is 0 Å². The summed E-state index contributed by atoms with van der Waals surface area (Å²) in [7, 11) is 0. The maximum Gasteiger partial charge on any atom is -0.00490 e. The fourth-order valence-electron chi connectivity index (χ4n) is 1.56. The molecular weight excluding hydrogens is 170 g/mol. The van der Waals surface area contributed by atoms with Gasteiger partial charge >= 0.3 is 0 Å². The highest BCUT2D eigenvalue weighted by Crippen LogP contribution is 2.16. The molecule has 0 saturated carbocycles. The molecule has 0 aromatic heterocycles. The summed E-state index contributed by atoms with van der Waals surface area (Å²) >= 11 is 0. The second-order valence-corrected chi connectivity index (χ2v) is 4.21. The average Bonchev–Trinajstić information content (AvgIpc) is 2.26. The third-order valence-corrected chi connectivity index (χ3v) is 3.07. The molecule has 0 radical (unpaired) electrons. The first-order valence-electron chi connectivity index (χ1n) is 5.48. The van der Waals surface area contributed by atoms with E-state index in [1.54, 1.807) is 0 Å². The Bertz CT molecular complexity index is 243.